The molecule has 4 heteroatoms. The molecule has 12 heavy (non-hydrogen) atoms. The molecule has 2 N–H and O–H groups in total. The number of carboxylic acids is 1. The van der Waals surface area contributed by atoms with Crippen LogP contribution in [-0.4, -0.2) is 46.8 Å². The molecule has 0 heterocycles. The lowest BCUT2D eigenvalue weighted by Gasteiger charge is -2.21. The Hall–Kier alpha value is -0.610. The topological polar surface area (TPSA) is 60.8 Å². The van der Waals surface area contributed by atoms with Crippen LogP contribution in [0, 0.1) is 0 Å². The Morgan fingerprint density at radius 2 is 2.00 bits per heavy atom. The molecule has 0 radical (unpaired) electrons. The highest BCUT2D eigenvalue weighted by Crippen LogP contribution is 1.99. The van der Waals surface area contributed by atoms with E-state index in [4.69, 9.17) is 10.2 Å². The number of aliphatic hydroxyl groups is 1. The molecule has 4 nitrogen and oxygen atoms in total. The van der Waals surface area contributed by atoms with Crippen LogP contribution in [0.4, 0.5) is 0 Å². The standard InChI is InChI=1S/C8H17NO3/c1-6(10)4-5-9(3)7(2)8(11)12/h6-7,10H,4-5H2,1-3H3,(H,11,12). The zero-order chi connectivity index (χ0) is 9.72. The Bertz CT molecular complexity index is 147. The predicted octanol–water partition coefficient (Wildman–Crippen LogP) is 0.162. The molecule has 0 bridgehead atoms. The maximum absolute atomic E-state index is 10.5. The molecule has 0 amide bonds. The normalized spacial score (nSPS) is 16.1. The van der Waals surface area contributed by atoms with Gasteiger partial charge in [-0.1, -0.05) is 0 Å². The maximum Gasteiger partial charge on any atom is 0.320 e. The second-order valence-electron chi connectivity index (χ2n) is 3.13. The van der Waals surface area contributed by atoms with Crippen molar-refractivity contribution in [2.45, 2.75) is 32.4 Å². The zero-order valence-electron chi connectivity index (χ0n) is 7.82. The van der Waals surface area contributed by atoms with Gasteiger partial charge in [-0.05, 0) is 27.3 Å². The summed E-state index contributed by atoms with van der Waals surface area (Å²) < 4.78 is 0. The van der Waals surface area contributed by atoms with Crippen molar-refractivity contribution in [3.8, 4) is 0 Å². The van der Waals surface area contributed by atoms with Gasteiger partial charge < -0.3 is 10.2 Å². The van der Waals surface area contributed by atoms with Gasteiger partial charge in [0, 0.05) is 6.54 Å². The lowest BCUT2D eigenvalue weighted by atomic mass is 10.2. The van der Waals surface area contributed by atoms with Crippen LogP contribution >= 0.6 is 0 Å². The molecule has 0 aromatic heterocycles. The first-order chi connectivity index (χ1) is 5.45. The highest BCUT2D eigenvalue weighted by molar-refractivity contribution is 5.72. The number of hydrogen-bond donors (Lipinski definition) is 2. The van der Waals surface area contributed by atoms with E-state index in [1.165, 1.54) is 0 Å². The summed E-state index contributed by atoms with van der Waals surface area (Å²) >= 11 is 0. The van der Waals surface area contributed by atoms with Crippen LogP contribution < -0.4 is 0 Å². The number of likely N-dealkylation sites (N-methyl/N-ethyl adjacent to an activating group) is 1. The van der Waals surface area contributed by atoms with E-state index in [0.717, 1.165) is 0 Å². The summed E-state index contributed by atoms with van der Waals surface area (Å²) in [6.07, 6.45) is 0.238. The highest BCUT2D eigenvalue weighted by atomic mass is 16.4. The fraction of sp³-hybridized carbons (Fsp3) is 0.875. The van der Waals surface area contributed by atoms with Crippen molar-refractivity contribution in [2.24, 2.45) is 0 Å². The van der Waals surface area contributed by atoms with Crippen molar-refractivity contribution in [3.63, 3.8) is 0 Å². The van der Waals surface area contributed by atoms with E-state index < -0.39 is 12.0 Å². The monoisotopic (exact) mass is 175 g/mol. The molecule has 0 aromatic carbocycles. The number of aliphatic carboxylic acids is 1. The summed E-state index contributed by atoms with van der Waals surface area (Å²) in [5.41, 5.74) is 0. The van der Waals surface area contributed by atoms with Crippen LogP contribution in [0.1, 0.15) is 20.3 Å². The zero-order valence-corrected chi connectivity index (χ0v) is 7.82. The number of hydrogen-bond acceptors (Lipinski definition) is 3. The predicted molar refractivity (Wildman–Crippen MR) is 46.0 cm³/mol. The van der Waals surface area contributed by atoms with Crippen LogP contribution in [0.2, 0.25) is 0 Å². The lowest BCUT2D eigenvalue weighted by molar-refractivity contribution is -0.142. The number of nitrogens with zero attached hydrogens (tertiary/aromatic N) is 1. The maximum atomic E-state index is 10.5. The van der Waals surface area contributed by atoms with Crippen LogP contribution in [0.3, 0.4) is 0 Å². The fourth-order valence-corrected chi connectivity index (χ4v) is 0.773. The van der Waals surface area contributed by atoms with E-state index in [1.54, 1.807) is 25.8 Å². The van der Waals surface area contributed by atoms with Gasteiger partial charge in [-0.15, -0.1) is 0 Å². The lowest BCUT2D eigenvalue weighted by Crippen LogP contribution is -2.37. The first-order valence-corrected chi connectivity index (χ1v) is 4.06. The third-order valence-electron chi connectivity index (χ3n) is 1.92. The second kappa shape index (κ2) is 5.11. The van der Waals surface area contributed by atoms with Crippen molar-refractivity contribution in [3.05, 3.63) is 0 Å². The molecule has 0 saturated heterocycles. The van der Waals surface area contributed by atoms with E-state index >= 15 is 0 Å². The summed E-state index contributed by atoms with van der Waals surface area (Å²) in [4.78, 5) is 12.2. The Morgan fingerprint density at radius 3 is 2.33 bits per heavy atom. The molecule has 0 aliphatic rings. The second-order valence-corrected chi connectivity index (χ2v) is 3.13. The molecule has 0 rings (SSSR count). The third kappa shape index (κ3) is 4.31. The largest absolute Gasteiger partial charge is 0.480 e. The molecule has 2 unspecified atom stereocenters. The van der Waals surface area contributed by atoms with Gasteiger partial charge in [-0.2, -0.15) is 0 Å². The summed E-state index contributed by atoms with van der Waals surface area (Å²) in [6.45, 7) is 3.93. The minimum Gasteiger partial charge on any atom is -0.480 e. The van der Waals surface area contributed by atoms with E-state index in [0.29, 0.717) is 13.0 Å². The van der Waals surface area contributed by atoms with Crippen molar-refractivity contribution < 1.29 is 15.0 Å². The average molecular weight is 175 g/mol. The van der Waals surface area contributed by atoms with Crippen LogP contribution in [-0.2, 0) is 4.79 Å². The van der Waals surface area contributed by atoms with E-state index in [1.807, 2.05) is 0 Å². The van der Waals surface area contributed by atoms with Gasteiger partial charge in [0.15, 0.2) is 0 Å². The fourth-order valence-electron chi connectivity index (χ4n) is 0.773. The summed E-state index contributed by atoms with van der Waals surface area (Å²) in [7, 11) is 1.74. The molecule has 0 fully saturated rings. The Morgan fingerprint density at radius 1 is 1.50 bits per heavy atom. The van der Waals surface area contributed by atoms with Gasteiger partial charge in [0.25, 0.3) is 0 Å². The van der Waals surface area contributed by atoms with Crippen molar-refractivity contribution in [1.29, 1.82) is 0 Å². The van der Waals surface area contributed by atoms with E-state index in [-0.39, 0.29) is 6.10 Å². The van der Waals surface area contributed by atoms with Crippen molar-refractivity contribution in [1.82, 2.24) is 4.90 Å². The molecular formula is C8H17NO3. The van der Waals surface area contributed by atoms with Crippen LogP contribution in [0.15, 0.2) is 0 Å². The molecule has 0 saturated carbocycles. The molecule has 2 atom stereocenters. The van der Waals surface area contributed by atoms with Gasteiger partial charge in [0.2, 0.25) is 0 Å². The summed E-state index contributed by atoms with van der Waals surface area (Å²) in [5.74, 6) is -0.830. The van der Waals surface area contributed by atoms with Crippen molar-refractivity contribution in [2.75, 3.05) is 13.6 Å². The van der Waals surface area contributed by atoms with Crippen molar-refractivity contribution >= 4 is 5.97 Å². The highest BCUT2D eigenvalue weighted by Gasteiger charge is 2.16. The minimum absolute atomic E-state index is 0.367. The molecule has 72 valence electrons. The Balaban J connectivity index is 3.71. The Kier molecular flexibility index (Phi) is 4.85. The third-order valence-corrected chi connectivity index (χ3v) is 1.92. The van der Waals surface area contributed by atoms with Gasteiger partial charge in [0.05, 0.1) is 6.10 Å². The molecule has 0 aromatic rings. The number of carboxylic acid groups (broad SMARTS) is 1. The van der Waals surface area contributed by atoms with Gasteiger partial charge >= 0.3 is 5.97 Å². The van der Waals surface area contributed by atoms with Gasteiger partial charge in [-0.3, -0.25) is 9.69 Å². The molecule has 0 spiro atoms. The summed E-state index contributed by atoms with van der Waals surface area (Å²) in [6, 6.07) is -0.483. The minimum atomic E-state index is -0.830. The molecule has 0 aliphatic carbocycles. The Labute approximate surface area is 72.8 Å². The number of rotatable bonds is 5. The first-order valence-electron chi connectivity index (χ1n) is 4.06. The first kappa shape index (κ1) is 11.4. The summed E-state index contributed by atoms with van der Waals surface area (Å²) in [5, 5.41) is 17.6. The number of aliphatic hydroxyl groups excluding tert-OH is 1. The van der Waals surface area contributed by atoms with Crippen LogP contribution in [0.5, 0.6) is 0 Å². The van der Waals surface area contributed by atoms with Gasteiger partial charge in [-0.25, -0.2) is 0 Å². The average Bonchev–Trinajstić information content (AvgIpc) is 1.98. The van der Waals surface area contributed by atoms with Crippen LogP contribution in [0.25, 0.3) is 0 Å². The number of carbonyl (C=O) groups is 1. The SMILES string of the molecule is CC(O)CCN(C)C(C)C(=O)O. The quantitative estimate of drug-likeness (QED) is 0.625. The molecule has 0 aliphatic heterocycles. The molecular weight excluding hydrogens is 158 g/mol. The van der Waals surface area contributed by atoms with E-state index in [9.17, 15) is 4.79 Å². The van der Waals surface area contributed by atoms with Gasteiger partial charge in [0.1, 0.15) is 6.04 Å². The smallest absolute Gasteiger partial charge is 0.320 e. The van der Waals surface area contributed by atoms with E-state index in [2.05, 4.69) is 0 Å².